The SMILES string of the molecule is CC1(C)CN(C(=O)c2cccnc2)CC(C)(C)O1. The van der Waals surface area contributed by atoms with Crippen molar-refractivity contribution < 1.29 is 9.53 Å². The zero-order valence-corrected chi connectivity index (χ0v) is 11.4. The van der Waals surface area contributed by atoms with Crippen LogP contribution in [0.2, 0.25) is 0 Å². The number of hydrogen-bond donors (Lipinski definition) is 0. The molecule has 0 atom stereocenters. The van der Waals surface area contributed by atoms with Gasteiger partial charge in [-0.1, -0.05) is 0 Å². The lowest BCUT2D eigenvalue weighted by Gasteiger charge is -2.47. The predicted octanol–water partition coefficient (Wildman–Crippen LogP) is 2.11. The average molecular weight is 248 g/mol. The van der Waals surface area contributed by atoms with Gasteiger partial charge in [0.1, 0.15) is 0 Å². The van der Waals surface area contributed by atoms with E-state index >= 15 is 0 Å². The molecule has 0 spiro atoms. The summed E-state index contributed by atoms with van der Waals surface area (Å²) in [6.07, 6.45) is 3.28. The molecule has 2 rings (SSSR count). The maximum absolute atomic E-state index is 12.4. The van der Waals surface area contributed by atoms with E-state index in [1.165, 1.54) is 0 Å². The van der Waals surface area contributed by atoms with Gasteiger partial charge in [-0.2, -0.15) is 0 Å². The Hall–Kier alpha value is -1.42. The maximum atomic E-state index is 12.4. The Balaban J connectivity index is 2.21. The minimum absolute atomic E-state index is 0.0209. The molecule has 1 aliphatic rings. The lowest BCUT2D eigenvalue weighted by molar-refractivity contribution is -0.171. The second kappa shape index (κ2) is 4.35. The number of ether oxygens (including phenoxy) is 1. The summed E-state index contributed by atoms with van der Waals surface area (Å²) in [5.41, 5.74) is -0.00909. The van der Waals surface area contributed by atoms with E-state index < -0.39 is 0 Å². The van der Waals surface area contributed by atoms with Gasteiger partial charge in [0.2, 0.25) is 0 Å². The van der Waals surface area contributed by atoms with Crippen LogP contribution in [0.3, 0.4) is 0 Å². The summed E-state index contributed by atoms with van der Waals surface area (Å²) in [6.45, 7) is 9.25. The van der Waals surface area contributed by atoms with E-state index in [2.05, 4.69) is 4.98 Å². The summed E-state index contributed by atoms with van der Waals surface area (Å²) in [6, 6.07) is 3.58. The Morgan fingerprint density at radius 3 is 2.39 bits per heavy atom. The van der Waals surface area contributed by atoms with E-state index in [0.29, 0.717) is 18.7 Å². The summed E-state index contributed by atoms with van der Waals surface area (Å²) < 4.78 is 5.97. The molecule has 0 bridgehead atoms. The van der Waals surface area contributed by atoms with Crippen molar-refractivity contribution in [3.05, 3.63) is 30.1 Å². The zero-order chi connectivity index (χ0) is 13.4. The molecule has 2 heterocycles. The van der Waals surface area contributed by atoms with Crippen LogP contribution in [0.15, 0.2) is 24.5 Å². The minimum atomic E-state index is -0.320. The lowest BCUT2D eigenvalue weighted by Crippen LogP contribution is -2.58. The normalized spacial score (nSPS) is 21.7. The van der Waals surface area contributed by atoms with Gasteiger partial charge in [0.05, 0.1) is 16.8 Å². The maximum Gasteiger partial charge on any atom is 0.255 e. The van der Waals surface area contributed by atoms with Gasteiger partial charge in [0.25, 0.3) is 5.91 Å². The number of rotatable bonds is 1. The topological polar surface area (TPSA) is 42.4 Å². The zero-order valence-electron chi connectivity index (χ0n) is 11.4. The van der Waals surface area contributed by atoms with Gasteiger partial charge >= 0.3 is 0 Å². The summed E-state index contributed by atoms with van der Waals surface area (Å²) in [5.74, 6) is 0.0209. The van der Waals surface area contributed by atoms with E-state index in [1.807, 2.05) is 32.6 Å². The number of hydrogen-bond acceptors (Lipinski definition) is 3. The second-order valence-corrected chi connectivity index (χ2v) is 6.02. The van der Waals surface area contributed by atoms with Crippen molar-refractivity contribution in [3.63, 3.8) is 0 Å². The molecule has 98 valence electrons. The first kappa shape index (κ1) is 13.0. The third-order valence-electron chi connectivity index (χ3n) is 2.89. The van der Waals surface area contributed by atoms with Gasteiger partial charge in [-0.25, -0.2) is 0 Å². The van der Waals surface area contributed by atoms with E-state index in [9.17, 15) is 4.79 Å². The molecule has 0 N–H and O–H groups in total. The molecule has 18 heavy (non-hydrogen) atoms. The fraction of sp³-hybridized carbons (Fsp3) is 0.571. The van der Waals surface area contributed by atoms with Crippen molar-refractivity contribution in [1.29, 1.82) is 0 Å². The number of nitrogens with zero attached hydrogens (tertiary/aromatic N) is 2. The van der Waals surface area contributed by atoms with Gasteiger partial charge in [-0.15, -0.1) is 0 Å². The molecule has 0 aliphatic carbocycles. The van der Waals surface area contributed by atoms with Crippen LogP contribution in [0, 0.1) is 0 Å². The summed E-state index contributed by atoms with van der Waals surface area (Å²) in [7, 11) is 0. The third kappa shape index (κ3) is 2.88. The molecular weight excluding hydrogens is 228 g/mol. The Morgan fingerprint density at radius 2 is 1.89 bits per heavy atom. The molecule has 0 radical (unpaired) electrons. The highest BCUT2D eigenvalue weighted by Crippen LogP contribution is 2.28. The van der Waals surface area contributed by atoms with Crippen LogP contribution in [0.5, 0.6) is 0 Å². The number of carbonyl (C=O) groups is 1. The molecule has 0 aromatic carbocycles. The summed E-state index contributed by atoms with van der Waals surface area (Å²) in [5, 5.41) is 0. The molecule has 1 aliphatic heterocycles. The summed E-state index contributed by atoms with van der Waals surface area (Å²) >= 11 is 0. The van der Waals surface area contributed by atoms with E-state index in [0.717, 1.165) is 0 Å². The summed E-state index contributed by atoms with van der Waals surface area (Å²) in [4.78, 5) is 18.2. The van der Waals surface area contributed by atoms with Gasteiger partial charge < -0.3 is 9.64 Å². The van der Waals surface area contributed by atoms with Crippen LogP contribution in [0.1, 0.15) is 38.1 Å². The van der Waals surface area contributed by atoms with Crippen molar-refractivity contribution >= 4 is 5.91 Å². The second-order valence-electron chi connectivity index (χ2n) is 6.02. The van der Waals surface area contributed by atoms with Gasteiger partial charge in [-0.3, -0.25) is 9.78 Å². The van der Waals surface area contributed by atoms with E-state index in [1.54, 1.807) is 24.5 Å². The Morgan fingerprint density at radius 1 is 1.28 bits per heavy atom. The van der Waals surface area contributed by atoms with Crippen LogP contribution in [0.25, 0.3) is 0 Å². The van der Waals surface area contributed by atoms with E-state index in [4.69, 9.17) is 4.74 Å². The third-order valence-corrected chi connectivity index (χ3v) is 2.89. The Labute approximate surface area is 108 Å². The highest BCUT2D eigenvalue weighted by atomic mass is 16.5. The number of amides is 1. The van der Waals surface area contributed by atoms with Crippen molar-refractivity contribution in [3.8, 4) is 0 Å². The predicted molar refractivity (Wildman–Crippen MR) is 69.4 cm³/mol. The Bertz CT molecular complexity index is 424. The van der Waals surface area contributed by atoms with Crippen molar-refractivity contribution in [2.45, 2.75) is 38.9 Å². The molecule has 4 nitrogen and oxygen atoms in total. The quantitative estimate of drug-likeness (QED) is 0.764. The molecule has 0 unspecified atom stereocenters. The highest BCUT2D eigenvalue weighted by Gasteiger charge is 2.40. The first-order valence-electron chi connectivity index (χ1n) is 6.19. The fourth-order valence-electron chi connectivity index (χ4n) is 2.60. The smallest absolute Gasteiger partial charge is 0.255 e. The van der Waals surface area contributed by atoms with Crippen LogP contribution < -0.4 is 0 Å². The lowest BCUT2D eigenvalue weighted by atomic mass is 9.98. The first-order chi connectivity index (χ1) is 8.29. The first-order valence-corrected chi connectivity index (χ1v) is 6.19. The minimum Gasteiger partial charge on any atom is -0.366 e. The van der Waals surface area contributed by atoms with Crippen LogP contribution in [-0.2, 0) is 4.74 Å². The highest BCUT2D eigenvalue weighted by molar-refractivity contribution is 5.94. The Kier molecular flexibility index (Phi) is 3.15. The van der Waals surface area contributed by atoms with Crippen LogP contribution in [0.4, 0.5) is 0 Å². The van der Waals surface area contributed by atoms with Crippen LogP contribution >= 0.6 is 0 Å². The van der Waals surface area contributed by atoms with Gasteiger partial charge in [0, 0.05) is 25.5 Å². The molecular formula is C14H20N2O2. The van der Waals surface area contributed by atoms with Crippen LogP contribution in [-0.4, -0.2) is 40.1 Å². The molecule has 1 saturated heterocycles. The number of morpholine rings is 1. The molecule has 1 fully saturated rings. The van der Waals surface area contributed by atoms with Gasteiger partial charge in [0.15, 0.2) is 0 Å². The number of pyridine rings is 1. The molecule has 1 aromatic rings. The van der Waals surface area contributed by atoms with E-state index in [-0.39, 0.29) is 17.1 Å². The molecule has 1 amide bonds. The van der Waals surface area contributed by atoms with Crippen molar-refractivity contribution in [1.82, 2.24) is 9.88 Å². The van der Waals surface area contributed by atoms with Crippen molar-refractivity contribution in [2.75, 3.05) is 13.1 Å². The average Bonchev–Trinajstić information content (AvgIpc) is 2.25. The number of carbonyl (C=O) groups excluding carboxylic acids is 1. The monoisotopic (exact) mass is 248 g/mol. The molecule has 0 saturated carbocycles. The molecule has 4 heteroatoms. The largest absolute Gasteiger partial charge is 0.366 e. The molecule has 1 aromatic heterocycles. The van der Waals surface area contributed by atoms with Gasteiger partial charge in [-0.05, 0) is 39.8 Å². The fourth-order valence-corrected chi connectivity index (χ4v) is 2.60. The standard InChI is InChI=1S/C14H20N2O2/c1-13(2)9-16(10-14(3,4)18-13)12(17)11-6-5-7-15-8-11/h5-8H,9-10H2,1-4H3. The number of aromatic nitrogens is 1. The van der Waals surface area contributed by atoms with Crippen molar-refractivity contribution in [2.24, 2.45) is 0 Å².